The SMILES string of the molecule is O=C(N[C@H](Cc1ccc(Cl)cc1)C(=O)N1CCN(c2ccccc2CN2CCCC2=O)CC1)c1cc(=O)c2cc(Br)ccc2o1. The number of nitrogens with zero attached hydrogens (tertiary/aromatic N) is 3. The van der Waals surface area contributed by atoms with Gasteiger partial charge in [-0.15, -0.1) is 0 Å². The molecule has 4 aromatic rings. The van der Waals surface area contributed by atoms with E-state index >= 15 is 0 Å². The second-order valence-corrected chi connectivity index (χ2v) is 12.7. The third kappa shape index (κ3) is 7.07. The van der Waals surface area contributed by atoms with E-state index in [0.29, 0.717) is 49.6 Å². The van der Waals surface area contributed by atoms with Crippen LogP contribution in [0, 0.1) is 0 Å². The molecule has 232 valence electrons. The van der Waals surface area contributed by atoms with E-state index in [-0.39, 0.29) is 35.0 Å². The molecule has 1 atom stereocenters. The summed E-state index contributed by atoms with van der Waals surface area (Å²) in [5.41, 5.74) is 2.90. The van der Waals surface area contributed by atoms with E-state index < -0.39 is 11.9 Å². The lowest BCUT2D eigenvalue weighted by molar-refractivity contribution is -0.133. The van der Waals surface area contributed by atoms with Crippen molar-refractivity contribution >= 4 is 61.9 Å². The minimum atomic E-state index is -0.899. The molecular weight excluding hydrogens is 660 g/mol. The van der Waals surface area contributed by atoms with Crippen molar-refractivity contribution in [2.75, 3.05) is 37.6 Å². The van der Waals surface area contributed by atoms with Gasteiger partial charge in [-0.25, -0.2) is 0 Å². The van der Waals surface area contributed by atoms with Crippen molar-refractivity contribution in [2.24, 2.45) is 0 Å². The molecule has 0 bridgehead atoms. The van der Waals surface area contributed by atoms with Crippen LogP contribution in [0.1, 0.15) is 34.5 Å². The Labute approximate surface area is 273 Å². The van der Waals surface area contributed by atoms with Crippen molar-refractivity contribution in [3.05, 3.63) is 109 Å². The van der Waals surface area contributed by atoms with Gasteiger partial charge in [-0.3, -0.25) is 19.2 Å². The van der Waals surface area contributed by atoms with E-state index in [4.69, 9.17) is 16.0 Å². The number of anilines is 1. The Balaban J connectivity index is 1.18. The number of hydrogen-bond acceptors (Lipinski definition) is 6. The van der Waals surface area contributed by atoms with Crippen molar-refractivity contribution in [3.63, 3.8) is 0 Å². The smallest absolute Gasteiger partial charge is 0.287 e. The maximum Gasteiger partial charge on any atom is 0.287 e. The molecule has 0 radical (unpaired) electrons. The minimum Gasteiger partial charge on any atom is -0.451 e. The molecule has 0 spiro atoms. The third-order valence-corrected chi connectivity index (χ3v) is 9.07. The minimum absolute atomic E-state index is 0.165. The number of carbonyl (C=O) groups is 3. The van der Waals surface area contributed by atoms with Gasteiger partial charge in [-0.2, -0.15) is 0 Å². The van der Waals surface area contributed by atoms with Crippen LogP contribution in [0.3, 0.4) is 0 Å². The Morgan fingerprint density at radius 3 is 2.42 bits per heavy atom. The molecule has 0 saturated carbocycles. The van der Waals surface area contributed by atoms with Crippen molar-refractivity contribution in [3.8, 4) is 0 Å². The quantitative estimate of drug-likeness (QED) is 0.279. The van der Waals surface area contributed by atoms with Crippen molar-refractivity contribution in [1.82, 2.24) is 15.1 Å². The van der Waals surface area contributed by atoms with Crippen LogP contribution in [0.5, 0.6) is 0 Å². The first kappa shape index (κ1) is 30.9. The summed E-state index contributed by atoms with van der Waals surface area (Å²) in [6.45, 7) is 3.48. The number of fused-ring (bicyclic) bond motifs is 1. The molecule has 1 N–H and O–H groups in total. The summed E-state index contributed by atoms with van der Waals surface area (Å²) in [5, 5.41) is 3.76. The highest BCUT2D eigenvalue weighted by Crippen LogP contribution is 2.26. The second kappa shape index (κ2) is 13.5. The highest BCUT2D eigenvalue weighted by molar-refractivity contribution is 9.10. The maximum atomic E-state index is 14.0. The number of nitrogens with one attached hydrogen (secondary N) is 1. The monoisotopic (exact) mass is 690 g/mol. The molecule has 2 fully saturated rings. The normalized spacial score (nSPS) is 15.9. The molecule has 6 rings (SSSR count). The van der Waals surface area contributed by atoms with Gasteiger partial charge in [0.25, 0.3) is 5.91 Å². The fourth-order valence-corrected chi connectivity index (χ4v) is 6.43. The molecule has 45 heavy (non-hydrogen) atoms. The van der Waals surface area contributed by atoms with Crippen LogP contribution in [-0.4, -0.2) is 66.3 Å². The summed E-state index contributed by atoms with van der Waals surface area (Å²) in [7, 11) is 0. The number of piperazine rings is 1. The van der Waals surface area contributed by atoms with Gasteiger partial charge in [-0.05, 0) is 53.9 Å². The highest BCUT2D eigenvalue weighted by Gasteiger charge is 2.31. The molecule has 9 nitrogen and oxygen atoms in total. The van der Waals surface area contributed by atoms with Gasteiger partial charge >= 0.3 is 0 Å². The lowest BCUT2D eigenvalue weighted by atomic mass is 10.0. The standard InChI is InChI=1S/C34H32BrClN4O5/c35-24-9-12-30-26(19-24)29(41)20-31(45-30)33(43)37-27(18-22-7-10-25(36)11-8-22)34(44)39-16-14-38(15-17-39)28-5-2-1-4-23(28)21-40-13-3-6-32(40)42/h1-2,4-5,7-12,19-20,27H,3,6,13-18,21H2,(H,37,43)/t27-/m1/s1. The van der Waals surface area contributed by atoms with E-state index in [1.165, 1.54) is 0 Å². The number of rotatable bonds is 8. The van der Waals surface area contributed by atoms with Gasteiger partial charge in [0.05, 0.1) is 5.39 Å². The van der Waals surface area contributed by atoms with Crippen LogP contribution in [0.15, 0.2) is 86.5 Å². The third-order valence-electron chi connectivity index (χ3n) is 8.33. The number of amides is 3. The topological polar surface area (TPSA) is 103 Å². The molecule has 2 saturated heterocycles. The first-order valence-electron chi connectivity index (χ1n) is 14.9. The number of halogens is 2. The van der Waals surface area contributed by atoms with E-state index in [9.17, 15) is 19.2 Å². The van der Waals surface area contributed by atoms with E-state index in [2.05, 4.69) is 38.3 Å². The lowest BCUT2D eigenvalue weighted by Gasteiger charge is -2.38. The Morgan fingerprint density at radius 1 is 0.933 bits per heavy atom. The number of hydrogen-bond donors (Lipinski definition) is 1. The van der Waals surface area contributed by atoms with Gasteiger partial charge in [-0.1, -0.05) is 57.9 Å². The molecule has 0 aliphatic carbocycles. The van der Waals surface area contributed by atoms with Gasteiger partial charge < -0.3 is 24.4 Å². The van der Waals surface area contributed by atoms with Gasteiger partial charge in [0, 0.05) is 73.4 Å². The fraction of sp³-hybridized carbons (Fsp3) is 0.294. The van der Waals surface area contributed by atoms with Crippen LogP contribution < -0.4 is 15.6 Å². The number of likely N-dealkylation sites (tertiary alicyclic amines) is 1. The molecular formula is C34H32BrClN4O5. The van der Waals surface area contributed by atoms with Crippen molar-refractivity contribution in [1.29, 1.82) is 0 Å². The molecule has 0 unspecified atom stereocenters. The number of benzene rings is 3. The Bertz CT molecular complexity index is 1800. The Kier molecular flexibility index (Phi) is 9.23. The first-order chi connectivity index (χ1) is 21.7. The molecule has 3 amide bonds. The summed E-state index contributed by atoms with van der Waals surface area (Å²) in [4.78, 5) is 58.3. The first-order valence-corrected chi connectivity index (χ1v) is 16.1. The van der Waals surface area contributed by atoms with Gasteiger partial charge in [0.2, 0.25) is 11.8 Å². The molecule has 1 aromatic heterocycles. The fourth-order valence-electron chi connectivity index (χ4n) is 5.94. The zero-order chi connectivity index (χ0) is 31.5. The maximum absolute atomic E-state index is 14.0. The van der Waals surface area contributed by atoms with Crippen molar-refractivity contribution in [2.45, 2.75) is 31.8 Å². The number of carbonyl (C=O) groups excluding carboxylic acids is 3. The lowest BCUT2D eigenvalue weighted by Crippen LogP contribution is -2.55. The number of para-hydroxylation sites is 1. The summed E-state index contributed by atoms with van der Waals surface area (Å²) >= 11 is 9.43. The molecule has 2 aliphatic heterocycles. The van der Waals surface area contributed by atoms with E-state index in [1.807, 2.05) is 29.2 Å². The summed E-state index contributed by atoms with van der Waals surface area (Å²) in [6.07, 6.45) is 1.72. The zero-order valence-electron chi connectivity index (χ0n) is 24.5. The molecule has 11 heteroatoms. The molecule has 3 heterocycles. The highest BCUT2D eigenvalue weighted by atomic mass is 79.9. The van der Waals surface area contributed by atoms with Gasteiger partial charge in [0.15, 0.2) is 11.2 Å². The average molecular weight is 692 g/mol. The predicted octanol–water partition coefficient (Wildman–Crippen LogP) is 5.02. The van der Waals surface area contributed by atoms with Gasteiger partial charge in [0.1, 0.15) is 11.6 Å². The van der Waals surface area contributed by atoms with E-state index in [0.717, 1.165) is 40.3 Å². The Morgan fingerprint density at radius 2 is 1.69 bits per heavy atom. The molecule has 3 aromatic carbocycles. The van der Waals surface area contributed by atoms with Crippen molar-refractivity contribution < 1.29 is 18.8 Å². The van der Waals surface area contributed by atoms with Crippen LogP contribution in [0.4, 0.5) is 5.69 Å². The molecule has 2 aliphatic rings. The zero-order valence-corrected chi connectivity index (χ0v) is 26.9. The van der Waals surface area contributed by atoms with Crippen LogP contribution in [0.25, 0.3) is 11.0 Å². The summed E-state index contributed by atoms with van der Waals surface area (Å²) in [6, 6.07) is 20.5. The average Bonchev–Trinajstić information content (AvgIpc) is 3.45. The van der Waals surface area contributed by atoms with Crippen LogP contribution >= 0.6 is 27.5 Å². The summed E-state index contributed by atoms with van der Waals surface area (Å²) < 4.78 is 6.49. The predicted molar refractivity (Wildman–Crippen MR) is 176 cm³/mol. The second-order valence-electron chi connectivity index (χ2n) is 11.3. The Hall–Kier alpha value is -4.15. The summed E-state index contributed by atoms with van der Waals surface area (Å²) in [5.74, 6) is -0.846. The largest absolute Gasteiger partial charge is 0.451 e. The van der Waals surface area contributed by atoms with Crippen LogP contribution in [-0.2, 0) is 22.6 Å². The van der Waals surface area contributed by atoms with Crippen LogP contribution in [0.2, 0.25) is 5.02 Å². The van der Waals surface area contributed by atoms with E-state index in [1.54, 1.807) is 35.2 Å².